The number of aryl methyl sites for hydroxylation is 2. The van der Waals surface area contributed by atoms with Gasteiger partial charge in [0.1, 0.15) is 10.8 Å². The molecular weight excluding hydrogens is 460 g/mol. The lowest BCUT2D eigenvalue weighted by Gasteiger charge is -2.16. The highest BCUT2D eigenvalue weighted by Gasteiger charge is 2.21. The van der Waals surface area contributed by atoms with Gasteiger partial charge in [-0.15, -0.1) is 28.1 Å². The van der Waals surface area contributed by atoms with E-state index in [1.807, 2.05) is 36.6 Å². The maximum atomic E-state index is 12.5. The Hall–Kier alpha value is -3.11. The highest BCUT2D eigenvalue weighted by molar-refractivity contribution is 7.99. The van der Waals surface area contributed by atoms with Crippen LogP contribution in [0.5, 0.6) is 5.75 Å². The van der Waals surface area contributed by atoms with Gasteiger partial charge in [0.25, 0.3) is 0 Å². The maximum Gasteiger partial charge on any atom is 0.340 e. The molecule has 2 aromatic heterocycles. The predicted molar refractivity (Wildman–Crippen MR) is 130 cm³/mol. The van der Waals surface area contributed by atoms with Crippen LogP contribution in [0.4, 0.5) is 5.00 Å². The number of hydrogen-bond acceptors (Lipinski definition) is 8. The van der Waals surface area contributed by atoms with Crippen LogP contribution in [0.25, 0.3) is 0 Å². The number of methoxy groups -OCH3 is 1. The third-order valence-electron chi connectivity index (χ3n) is 4.87. The van der Waals surface area contributed by atoms with Crippen LogP contribution in [-0.4, -0.2) is 39.5 Å². The molecule has 1 amide bonds. The molecule has 1 atom stereocenters. The SMILES string of the molecule is C=CCn1c(SCC(=O)Nc2sccc2C(=O)OC)nnc1C(C)Oc1ccc(C)c(C)c1. The lowest BCUT2D eigenvalue weighted by molar-refractivity contribution is -0.113. The van der Waals surface area contributed by atoms with Crippen molar-refractivity contribution in [3.63, 3.8) is 0 Å². The van der Waals surface area contributed by atoms with E-state index in [4.69, 9.17) is 9.47 Å². The minimum absolute atomic E-state index is 0.0974. The fraction of sp³-hybridized carbons (Fsp3) is 0.304. The predicted octanol–water partition coefficient (Wildman–Crippen LogP) is 4.80. The first kappa shape index (κ1) is 24.5. The summed E-state index contributed by atoms with van der Waals surface area (Å²) in [6.45, 7) is 10.3. The van der Waals surface area contributed by atoms with Gasteiger partial charge in [-0.25, -0.2) is 4.79 Å². The minimum Gasteiger partial charge on any atom is -0.483 e. The smallest absolute Gasteiger partial charge is 0.340 e. The quantitative estimate of drug-likeness (QED) is 0.250. The van der Waals surface area contributed by atoms with Crippen LogP contribution in [0.2, 0.25) is 0 Å². The number of amides is 1. The number of carbonyl (C=O) groups is 2. The second-order valence-corrected chi connectivity index (χ2v) is 9.10. The summed E-state index contributed by atoms with van der Waals surface area (Å²) in [4.78, 5) is 24.3. The minimum atomic E-state index is -0.493. The lowest BCUT2D eigenvalue weighted by Crippen LogP contribution is -2.16. The van der Waals surface area contributed by atoms with Crippen molar-refractivity contribution in [2.75, 3.05) is 18.2 Å². The molecule has 1 N–H and O–H groups in total. The number of esters is 1. The Bertz CT molecular complexity index is 1160. The van der Waals surface area contributed by atoms with Crippen LogP contribution in [0.15, 0.2) is 47.5 Å². The van der Waals surface area contributed by atoms with Crippen molar-refractivity contribution in [2.45, 2.75) is 38.6 Å². The summed E-state index contributed by atoms with van der Waals surface area (Å²) in [5.41, 5.74) is 2.67. The normalized spacial score (nSPS) is 11.6. The molecule has 0 aliphatic rings. The number of thioether (sulfide) groups is 1. The highest BCUT2D eigenvalue weighted by atomic mass is 32.2. The summed E-state index contributed by atoms with van der Waals surface area (Å²) in [6, 6.07) is 7.56. The number of nitrogens with one attached hydrogen (secondary N) is 1. The van der Waals surface area contributed by atoms with Crippen molar-refractivity contribution in [3.05, 3.63) is 64.8 Å². The number of thiophene rings is 1. The van der Waals surface area contributed by atoms with Crippen molar-refractivity contribution in [3.8, 4) is 5.75 Å². The molecule has 0 aliphatic carbocycles. The van der Waals surface area contributed by atoms with Gasteiger partial charge >= 0.3 is 5.97 Å². The van der Waals surface area contributed by atoms with Crippen LogP contribution in [-0.2, 0) is 16.1 Å². The number of nitrogens with zero attached hydrogens (tertiary/aromatic N) is 3. The van der Waals surface area contributed by atoms with Gasteiger partial charge in [0.15, 0.2) is 17.1 Å². The number of hydrogen-bond donors (Lipinski definition) is 1. The number of benzene rings is 1. The zero-order valence-electron chi connectivity index (χ0n) is 19.0. The number of rotatable bonds is 10. The zero-order valence-corrected chi connectivity index (χ0v) is 20.6. The number of allylic oxidation sites excluding steroid dienone is 1. The van der Waals surface area contributed by atoms with Crippen LogP contribution in [0.3, 0.4) is 0 Å². The van der Waals surface area contributed by atoms with Crippen molar-refractivity contribution in [1.82, 2.24) is 14.8 Å². The molecule has 0 bridgehead atoms. The van der Waals surface area contributed by atoms with Gasteiger partial charge in [-0.3, -0.25) is 9.36 Å². The number of anilines is 1. The van der Waals surface area contributed by atoms with Crippen molar-refractivity contribution in [2.24, 2.45) is 0 Å². The van der Waals surface area contributed by atoms with E-state index in [1.54, 1.807) is 17.5 Å². The van der Waals surface area contributed by atoms with Crippen LogP contribution < -0.4 is 10.1 Å². The van der Waals surface area contributed by atoms with E-state index in [-0.39, 0.29) is 17.8 Å². The van der Waals surface area contributed by atoms with E-state index in [0.717, 1.165) is 11.3 Å². The Kier molecular flexibility index (Phi) is 8.29. The van der Waals surface area contributed by atoms with Crippen LogP contribution >= 0.6 is 23.1 Å². The number of ether oxygens (including phenoxy) is 2. The Morgan fingerprint density at radius 3 is 2.76 bits per heavy atom. The molecule has 0 saturated carbocycles. The maximum absolute atomic E-state index is 12.5. The number of aromatic nitrogens is 3. The Morgan fingerprint density at radius 1 is 1.27 bits per heavy atom. The summed E-state index contributed by atoms with van der Waals surface area (Å²) in [5.74, 6) is 0.737. The molecule has 2 heterocycles. The monoisotopic (exact) mass is 486 g/mol. The zero-order chi connectivity index (χ0) is 24.0. The molecule has 0 aliphatic heterocycles. The van der Waals surface area contributed by atoms with Crippen molar-refractivity contribution in [1.29, 1.82) is 0 Å². The Morgan fingerprint density at radius 2 is 2.06 bits per heavy atom. The molecule has 0 saturated heterocycles. The van der Waals surface area contributed by atoms with E-state index in [9.17, 15) is 9.59 Å². The van der Waals surface area contributed by atoms with Gasteiger partial charge in [0.05, 0.1) is 18.4 Å². The van der Waals surface area contributed by atoms with E-state index in [0.29, 0.717) is 28.1 Å². The van der Waals surface area contributed by atoms with Gasteiger partial charge in [0.2, 0.25) is 5.91 Å². The third-order valence-corrected chi connectivity index (χ3v) is 6.66. The first-order valence-electron chi connectivity index (χ1n) is 10.2. The first-order valence-corrected chi connectivity index (χ1v) is 12.1. The highest BCUT2D eigenvalue weighted by Crippen LogP contribution is 2.27. The molecular formula is C23H26N4O4S2. The lowest BCUT2D eigenvalue weighted by atomic mass is 10.1. The van der Waals surface area contributed by atoms with E-state index >= 15 is 0 Å². The molecule has 1 aromatic carbocycles. The summed E-state index contributed by atoms with van der Waals surface area (Å²) >= 11 is 2.51. The summed E-state index contributed by atoms with van der Waals surface area (Å²) in [5, 5.41) is 14.1. The molecule has 1 unspecified atom stereocenters. The summed E-state index contributed by atoms with van der Waals surface area (Å²) < 4.78 is 12.7. The fourth-order valence-corrected chi connectivity index (χ4v) is 4.57. The van der Waals surface area contributed by atoms with E-state index in [1.165, 1.54) is 35.8 Å². The largest absolute Gasteiger partial charge is 0.483 e. The third kappa shape index (κ3) is 6.02. The standard InChI is InChI=1S/C23H26N4O4S2/c1-6-10-27-20(16(4)31-17-8-7-14(2)15(3)12-17)25-26-23(27)33-13-19(28)24-21-18(9-11-32-21)22(29)30-5/h6-9,11-12,16H,1,10,13H2,2-5H3,(H,24,28). The summed E-state index contributed by atoms with van der Waals surface area (Å²) in [7, 11) is 1.30. The van der Waals surface area contributed by atoms with Crippen LogP contribution in [0, 0.1) is 13.8 Å². The average Bonchev–Trinajstić information content (AvgIpc) is 3.41. The van der Waals surface area contributed by atoms with E-state index in [2.05, 4.69) is 29.0 Å². The Balaban J connectivity index is 1.68. The number of carbonyl (C=O) groups excluding carboxylic acids is 2. The van der Waals surface area contributed by atoms with Gasteiger partial charge in [-0.05, 0) is 55.5 Å². The van der Waals surface area contributed by atoms with Gasteiger partial charge < -0.3 is 14.8 Å². The molecule has 33 heavy (non-hydrogen) atoms. The van der Waals surface area contributed by atoms with Gasteiger partial charge in [-0.1, -0.05) is 23.9 Å². The topological polar surface area (TPSA) is 95.3 Å². The second kappa shape index (κ2) is 11.2. The fourth-order valence-electron chi connectivity index (χ4n) is 3.02. The van der Waals surface area contributed by atoms with Gasteiger partial charge in [-0.2, -0.15) is 0 Å². The van der Waals surface area contributed by atoms with Crippen molar-refractivity contribution >= 4 is 40.0 Å². The molecule has 0 spiro atoms. The summed E-state index contributed by atoms with van der Waals surface area (Å²) in [6.07, 6.45) is 1.39. The molecule has 0 radical (unpaired) electrons. The van der Waals surface area contributed by atoms with Gasteiger partial charge in [0, 0.05) is 6.54 Å². The molecule has 10 heteroatoms. The molecule has 3 aromatic rings. The molecule has 0 fully saturated rings. The molecule has 8 nitrogen and oxygen atoms in total. The van der Waals surface area contributed by atoms with E-state index < -0.39 is 5.97 Å². The Labute approximate surface area is 201 Å². The van der Waals surface area contributed by atoms with Crippen LogP contribution in [0.1, 0.15) is 40.3 Å². The van der Waals surface area contributed by atoms with Crippen molar-refractivity contribution < 1.29 is 19.1 Å². The first-order chi connectivity index (χ1) is 15.8. The molecule has 3 rings (SSSR count). The average molecular weight is 487 g/mol. The molecule has 174 valence electrons. The second-order valence-electron chi connectivity index (χ2n) is 7.24.